The maximum Gasteiger partial charge on any atom is 0.140 e. The van der Waals surface area contributed by atoms with Gasteiger partial charge in [0.2, 0.25) is 0 Å². The molecule has 1 atom stereocenters. The monoisotopic (exact) mass is 293 g/mol. The second-order valence-corrected chi connectivity index (χ2v) is 5.36. The summed E-state index contributed by atoms with van der Waals surface area (Å²) in [5.74, 6) is 1.03. The third-order valence-corrected chi connectivity index (χ3v) is 3.76. The number of fused-ring (bicyclic) bond motifs is 2. The van der Waals surface area contributed by atoms with Crippen LogP contribution in [0.25, 0.3) is 33.2 Å². The van der Waals surface area contributed by atoms with E-state index in [1.54, 1.807) is 6.92 Å². The quantitative estimate of drug-likeness (QED) is 0.456. The Hall–Kier alpha value is -2.86. The number of imidazole rings is 1. The number of nitrogens with one attached hydrogen (secondary N) is 2. The molecule has 0 saturated heterocycles. The Morgan fingerprint density at radius 3 is 2.86 bits per heavy atom. The van der Waals surface area contributed by atoms with Crippen LogP contribution < -0.4 is 5.73 Å². The van der Waals surface area contributed by atoms with Gasteiger partial charge in [0.05, 0.1) is 11.0 Å². The SMILES string of the molecule is C[C@H](O)c1nc2ccc(-c3cc(N)nc4[nH]ccc34)cc2[nH]1. The second kappa shape index (κ2) is 4.57. The predicted molar refractivity (Wildman–Crippen MR) is 86.2 cm³/mol. The molecule has 22 heavy (non-hydrogen) atoms. The van der Waals surface area contributed by atoms with Gasteiger partial charge in [-0.05, 0) is 42.3 Å². The molecule has 4 rings (SSSR count). The van der Waals surface area contributed by atoms with Crippen molar-refractivity contribution in [1.82, 2.24) is 19.9 Å². The summed E-state index contributed by atoms with van der Waals surface area (Å²) in [7, 11) is 0. The van der Waals surface area contributed by atoms with Crippen LogP contribution in [0.3, 0.4) is 0 Å². The molecule has 0 aliphatic rings. The Morgan fingerprint density at radius 1 is 1.18 bits per heavy atom. The van der Waals surface area contributed by atoms with E-state index in [-0.39, 0.29) is 0 Å². The number of nitrogens with two attached hydrogens (primary N) is 1. The van der Waals surface area contributed by atoms with Gasteiger partial charge in [-0.1, -0.05) is 6.07 Å². The fourth-order valence-electron chi connectivity index (χ4n) is 2.69. The van der Waals surface area contributed by atoms with Crippen LogP contribution in [0.15, 0.2) is 36.5 Å². The molecule has 0 aliphatic carbocycles. The minimum Gasteiger partial charge on any atom is -0.385 e. The number of aliphatic hydroxyl groups excluding tert-OH is 1. The molecule has 6 heteroatoms. The van der Waals surface area contributed by atoms with E-state index in [1.165, 1.54) is 0 Å². The number of aromatic nitrogens is 4. The summed E-state index contributed by atoms with van der Waals surface area (Å²) in [6.45, 7) is 1.69. The number of anilines is 1. The average molecular weight is 293 g/mol. The molecular weight excluding hydrogens is 278 g/mol. The number of H-pyrrole nitrogens is 2. The lowest BCUT2D eigenvalue weighted by molar-refractivity contribution is 0.190. The molecular formula is C16H15N5O. The number of benzene rings is 1. The van der Waals surface area contributed by atoms with Gasteiger partial charge in [0.1, 0.15) is 23.4 Å². The van der Waals surface area contributed by atoms with E-state index in [0.717, 1.165) is 33.2 Å². The van der Waals surface area contributed by atoms with Gasteiger partial charge in [0.15, 0.2) is 0 Å². The Morgan fingerprint density at radius 2 is 2.05 bits per heavy atom. The van der Waals surface area contributed by atoms with Crippen LogP contribution in [-0.2, 0) is 0 Å². The van der Waals surface area contributed by atoms with Gasteiger partial charge in [-0.25, -0.2) is 9.97 Å². The third-order valence-electron chi connectivity index (χ3n) is 3.76. The second-order valence-electron chi connectivity index (χ2n) is 5.36. The zero-order valence-corrected chi connectivity index (χ0v) is 12.0. The minimum atomic E-state index is -0.621. The number of hydrogen-bond acceptors (Lipinski definition) is 4. The van der Waals surface area contributed by atoms with E-state index in [1.807, 2.05) is 36.5 Å². The number of hydrogen-bond donors (Lipinski definition) is 4. The van der Waals surface area contributed by atoms with Crippen molar-refractivity contribution < 1.29 is 5.11 Å². The molecule has 0 radical (unpaired) electrons. The summed E-state index contributed by atoms with van der Waals surface area (Å²) >= 11 is 0. The predicted octanol–water partition coefficient (Wildman–Crippen LogP) is 2.74. The molecule has 0 amide bonds. The van der Waals surface area contributed by atoms with Crippen LogP contribution in [-0.4, -0.2) is 25.0 Å². The first-order chi connectivity index (χ1) is 10.6. The van der Waals surface area contributed by atoms with E-state index in [0.29, 0.717) is 11.6 Å². The number of aliphatic hydroxyl groups is 1. The number of pyridine rings is 1. The minimum absolute atomic E-state index is 0.472. The van der Waals surface area contributed by atoms with Crippen LogP contribution in [0, 0.1) is 0 Å². The van der Waals surface area contributed by atoms with Gasteiger partial charge in [-0.3, -0.25) is 0 Å². The fraction of sp³-hybridized carbons (Fsp3) is 0.125. The van der Waals surface area contributed by atoms with Crippen LogP contribution in [0.5, 0.6) is 0 Å². The van der Waals surface area contributed by atoms with Crippen molar-refractivity contribution in [1.29, 1.82) is 0 Å². The normalized spacial score (nSPS) is 13.0. The van der Waals surface area contributed by atoms with Gasteiger partial charge in [-0.15, -0.1) is 0 Å². The number of nitrogens with zero attached hydrogens (tertiary/aromatic N) is 2. The van der Waals surface area contributed by atoms with Crippen molar-refractivity contribution >= 4 is 27.9 Å². The molecule has 0 saturated carbocycles. The van der Waals surface area contributed by atoms with Gasteiger partial charge in [0.25, 0.3) is 0 Å². The Bertz CT molecular complexity index is 983. The third kappa shape index (κ3) is 1.93. The van der Waals surface area contributed by atoms with Crippen LogP contribution >= 0.6 is 0 Å². The van der Waals surface area contributed by atoms with Gasteiger partial charge in [0, 0.05) is 11.6 Å². The molecule has 0 bridgehead atoms. The first-order valence-corrected chi connectivity index (χ1v) is 7.03. The first-order valence-electron chi connectivity index (χ1n) is 7.03. The summed E-state index contributed by atoms with van der Waals surface area (Å²) in [5, 5.41) is 10.7. The maximum atomic E-state index is 9.64. The molecule has 6 nitrogen and oxygen atoms in total. The number of nitrogen functional groups attached to an aromatic ring is 1. The lowest BCUT2D eigenvalue weighted by Gasteiger charge is -2.05. The van der Waals surface area contributed by atoms with Crippen molar-refractivity contribution in [2.24, 2.45) is 0 Å². The molecule has 1 aromatic carbocycles. The highest BCUT2D eigenvalue weighted by Gasteiger charge is 2.11. The van der Waals surface area contributed by atoms with E-state index >= 15 is 0 Å². The van der Waals surface area contributed by atoms with Crippen LogP contribution in [0.1, 0.15) is 18.9 Å². The van der Waals surface area contributed by atoms with Crippen molar-refractivity contribution in [3.05, 3.63) is 42.4 Å². The highest BCUT2D eigenvalue weighted by Crippen LogP contribution is 2.31. The number of rotatable bonds is 2. The summed E-state index contributed by atoms with van der Waals surface area (Å²) in [4.78, 5) is 14.9. The Balaban J connectivity index is 1.94. The summed E-state index contributed by atoms with van der Waals surface area (Å²) in [6, 6.07) is 9.78. The molecule has 4 aromatic rings. The lowest BCUT2D eigenvalue weighted by atomic mass is 10.0. The van der Waals surface area contributed by atoms with Gasteiger partial charge in [-0.2, -0.15) is 0 Å². The average Bonchev–Trinajstić information content (AvgIpc) is 3.11. The summed E-state index contributed by atoms with van der Waals surface area (Å²) < 4.78 is 0. The Kier molecular flexibility index (Phi) is 2.67. The molecule has 0 unspecified atom stereocenters. The van der Waals surface area contributed by atoms with Crippen LogP contribution in [0.2, 0.25) is 0 Å². The standard InChI is InChI=1S/C16H15N5O/c1-8(22)15-19-12-3-2-9(6-13(12)20-15)11-7-14(17)21-16-10(11)4-5-18-16/h2-8,22H,1H3,(H,19,20)(H3,17,18,21)/t8-/m0/s1. The molecule has 0 fully saturated rings. The summed E-state index contributed by atoms with van der Waals surface area (Å²) in [5.41, 5.74) is 10.4. The maximum absolute atomic E-state index is 9.64. The molecule has 3 aromatic heterocycles. The fourth-order valence-corrected chi connectivity index (χ4v) is 2.69. The zero-order valence-electron chi connectivity index (χ0n) is 12.0. The molecule has 0 spiro atoms. The largest absolute Gasteiger partial charge is 0.385 e. The molecule has 110 valence electrons. The van der Waals surface area contributed by atoms with Crippen molar-refractivity contribution in [3.63, 3.8) is 0 Å². The van der Waals surface area contributed by atoms with E-state index < -0.39 is 6.10 Å². The van der Waals surface area contributed by atoms with E-state index in [2.05, 4.69) is 19.9 Å². The molecule has 3 heterocycles. The topological polar surface area (TPSA) is 104 Å². The highest BCUT2D eigenvalue weighted by molar-refractivity contribution is 5.96. The van der Waals surface area contributed by atoms with Crippen LogP contribution in [0.4, 0.5) is 5.82 Å². The van der Waals surface area contributed by atoms with Gasteiger partial charge >= 0.3 is 0 Å². The summed E-state index contributed by atoms with van der Waals surface area (Å²) in [6.07, 6.45) is 1.23. The molecule has 5 N–H and O–H groups in total. The Labute approximate surface area is 126 Å². The van der Waals surface area contributed by atoms with Crippen molar-refractivity contribution in [2.45, 2.75) is 13.0 Å². The van der Waals surface area contributed by atoms with Crippen molar-refractivity contribution in [3.8, 4) is 11.1 Å². The van der Waals surface area contributed by atoms with E-state index in [9.17, 15) is 5.11 Å². The van der Waals surface area contributed by atoms with E-state index in [4.69, 9.17) is 5.73 Å². The molecule has 0 aliphatic heterocycles. The smallest absolute Gasteiger partial charge is 0.140 e. The lowest BCUT2D eigenvalue weighted by Crippen LogP contribution is -1.92. The first kappa shape index (κ1) is 12.8. The van der Waals surface area contributed by atoms with Gasteiger partial charge < -0.3 is 20.8 Å². The highest BCUT2D eigenvalue weighted by atomic mass is 16.3. The zero-order chi connectivity index (χ0) is 15.3. The van der Waals surface area contributed by atoms with Crippen molar-refractivity contribution in [2.75, 3.05) is 5.73 Å². The number of aromatic amines is 2.